The number of rotatable bonds is 6. The summed E-state index contributed by atoms with van der Waals surface area (Å²) in [4.78, 5) is 48.1. The molecule has 0 aliphatic rings. The van der Waals surface area contributed by atoms with Crippen LogP contribution >= 0.6 is 20.2 Å². The molecule has 11 nitrogen and oxygen atoms in total. The topological polar surface area (TPSA) is 210 Å². The van der Waals surface area contributed by atoms with Gasteiger partial charge in [0.1, 0.15) is 0 Å². The third kappa shape index (κ3) is 15.4. The van der Waals surface area contributed by atoms with Crippen molar-refractivity contribution in [2.45, 2.75) is 18.4 Å². The van der Waals surface area contributed by atoms with Crippen molar-refractivity contribution in [3.63, 3.8) is 0 Å². The number of phosphoric ester groups is 1. The minimum absolute atomic E-state index is 0. The molecule has 1 atom stereocenters. The first-order chi connectivity index (χ1) is 7.46. The fraction of sp³-hybridized carbons (Fsp3) is 0.500. The normalized spacial score (nSPS) is 12.0. The van der Waals surface area contributed by atoms with Crippen molar-refractivity contribution in [3.05, 3.63) is 0 Å². The van der Waals surface area contributed by atoms with Crippen molar-refractivity contribution in [3.8, 4) is 0 Å². The molecule has 7 N–H and O–H groups in total. The summed E-state index contributed by atoms with van der Waals surface area (Å²) >= 11 is 0. The summed E-state index contributed by atoms with van der Waals surface area (Å²) in [6, 6.07) is 0. The zero-order chi connectivity index (χ0) is 13.9. The summed E-state index contributed by atoms with van der Waals surface area (Å²) in [5.41, 5.74) is -2.99. The van der Waals surface area contributed by atoms with Gasteiger partial charge in [0.05, 0.1) is 12.8 Å². The van der Waals surface area contributed by atoms with E-state index in [-0.39, 0.29) is 79.9 Å². The van der Waals surface area contributed by atoms with E-state index in [0.717, 1.165) is 0 Å². The molecule has 0 aromatic carbocycles. The quantitative estimate of drug-likeness (QED) is 0.219. The van der Waals surface area contributed by atoms with Gasteiger partial charge in [0, 0.05) is 0 Å². The molecule has 0 amide bonds. The van der Waals surface area contributed by atoms with Crippen LogP contribution in [-0.2, 0) is 23.5 Å². The van der Waals surface area contributed by atoms with Crippen molar-refractivity contribution in [1.29, 1.82) is 0 Å². The molecule has 15 heteroatoms. The number of carboxylic acids is 2. The zero-order valence-corrected chi connectivity index (χ0v) is 16.8. The first-order valence-corrected chi connectivity index (χ1v) is 5.45. The van der Waals surface area contributed by atoms with Crippen molar-refractivity contribution in [2.75, 3.05) is 0 Å². The number of hydrogen-bond acceptors (Lipinski definition) is 6. The number of carboxylic acid groups (broad SMARTS) is 2. The predicted octanol–water partition coefficient (Wildman–Crippen LogP) is -7.87. The van der Waals surface area contributed by atoms with E-state index < -0.39 is 44.2 Å². The van der Waals surface area contributed by atoms with Crippen LogP contribution in [0.5, 0.6) is 0 Å². The van der Waals surface area contributed by atoms with Crippen LogP contribution in [0.1, 0.15) is 15.7 Å². The van der Waals surface area contributed by atoms with E-state index in [4.69, 9.17) is 20.0 Å². The smallest absolute Gasteiger partial charge is 1.00 e. The molecular weight excluding hydrogens is 360 g/mol. The molecule has 0 rings (SSSR count). The summed E-state index contributed by atoms with van der Waals surface area (Å²) in [7, 11) is -5.17. The monoisotopic (exact) mass is 374 g/mol. The van der Waals surface area contributed by atoms with Gasteiger partial charge in [-0.1, -0.05) is 0 Å². The summed E-state index contributed by atoms with van der Waals surface area (Å²) < 4.78 is 13.7. The van der Waals surface area contributed by atoms with Crippen LogP contribution < -0.4 is 59.1 Å². The van der Waals surface area contributed by atoms with Gasteiger partial charge in [-0.05, 0) is 0 Å². The maximum absolute atomic E-state index is 10.8. The van der Waals surface area contributed by atoms with Crippen molar-refractivity contribution in [2.24, 2.45) is 0 Å². The van der Waals surface area contributed by atoms with E-state index >= 15 is 0 Å². The Kier molecular flexibility index (Phi) is 21.0. The summed E-state index contributed by atoms with van der Waals surface area (Å²) in [5, 5.41) is 26.1. The van der Waals surface area contributed by atoms with Crippen LogP contribution in [0, 0.1) is 0 Å². The van der Waals surface area contributed by atoms with Crippen molar-refractivity contribution >= 4 is 38.1 Å². The molecule has 0 aromatic heterocycles. The molecular formula is C6H14ClNa2O11P. The summed E-state index contributed by atoms with van der Waals surface area (Å²) in [6.45, 7) is 0. The fourth-order valence-corrected chi connectivity index (χ4v) is 1.20. The average molecular weight is 375 g/mol. The van der Waals surface area contributed by atoms with Gasteiger partial charge in [0.15, 0.2) is 5.60 Å². The largest absolute Gasteiger partial charge is 1.00 e. The molecule has 0 saturated carbocycles. The fourth-order valence-electron chi connectivity index (χ4n) is 0.868. The van der Waals surface area contributed by atoms with E-state index in [2.05, 4.69) is 4.52 Å². The molecule has 1 unspecified atom stereocenters. The van der Waals surface area contributed by atoms with E-state index in [1.165, 1.54) is 0 Å². The van der Waals surface area contributed by atoms with E-state index in [1.807, 2.05) is 0 Å². The van der Waals surface area contributed by atoms with Crippen molar-refractivity contribution < 1.29 is 116 Å². The van der Waals surface area contributed by atoms with Crippen molar-refractivity contribution in [1.82, 2.24) is 0 Å². The molecule has 0 aromatic rings. The maximum Gasteiger partial charge on any atom is 1.00 e. The first-order valence-electron chi connectivity index (χ1n) is 3.92. The van der Waals surface area contributed by atoms with Gasteiger partial charge < -0.3 is 28.2 Å². The zero-order valence-electron chi connectivity index (χ0n) is 13.0. The molecule has 0 bridgehead atoms. The van der Waals surface area contributed by atoms with E-state index in [9.17, 15) is 24.1 Å². The second kappa shape index (κ2) is 13.2. The Bertz CT molecular complexity index is 408. The Morgan fingerprint density at radius 1 is 1.10 bits per heavy atom. The third-order valence-electron chi connectivity index (χ3n) is 1.50. The average Bonchev–Trinajstić information content (AvgIpc) is 1.96. The van der Waals surface area contributed by atoms with Crippen LogP contribution in [0.15, 0.2) is 0 Å². The van der Waals surface area contributed by atoms with Gasteiger partial charge in [-0.15, -0.1) is 12.4 Å². The minimum atomic E-state index is -5.17. The number of halogens is 1. The molecule has 0 aliphatic heterocycles. The molecule has 118 valence electrons. The number of carbonyl (C=O) groups is 3. The molecule has 0 fully saturated rings. The second-order valence-corrected chi connectivity index (χ2v) is 4.20. The molecule has 0 spiro atoms. The van der Waals surface area contributed by atoms with Crippen LogP contribution in [0.3, 0.4) is 0 Å². The van der Waals surface area contributed by atoms with Crippen LogP contribution in [-0.4, -0.2) is 54.1 Å². The molecule has 0 aliphatic carbocycles. The van der Waals surface area contributed by atoms with Crippen LogP contribution in [0.25, 0.3) is 0 Å². The number of aliphatic hydroxyl groups is 1. The predicted molar refractivity (Wildman–Crippen MR) is 60.7 cm³/mol. The standard InChI is InChI=1S/C6H9O10P.ClH.2Na.H2O.2H/c7-3(8)1-6(12,5(10)11)2-4(9)16-17(13,14)15;;;;;;/h12H,1-2H2,(H,7,8)(H,10,11)(H2,13,14,15);1H;;;1H2;;/q;;2*+1;;2*-1. The Labute approximate surface area is 171 Å². The SMILES string of the molecule is Cl.O.O=C(O)CC(O)(CC(=O)OP(=O)(O)O)C(=O)O.[H-].[H-].[Na+].[Na+]. The number of aliphatic carboxylic acids is 2. The molecule has 0 saturated heterocycles. The number of phosphoric acid groups is 1. The maximum atomic E-state index is 10.8. The van der Waals surface area contributed by atoms with Crippen LogP contribution in [0.4, 0.5) is 0 Å². The Balaban J connectivity index is -0.0000000853. The second-order valence-electron chi connectivity index (χ2n) is 3.04. The Morgan fingerprint density at radius 3 is 1.71 bits per heavy atom. The molecule has 0 heterocycles. The number of hydrogen-bond donors (Lipinski definition) is 5. The van der Waals surface area contributed by atoms with Gasteiger partial charge in [0.25, 0.3) is 0 Å². The van der Waals surface area contributed by atoms with Gasteiger partial charge in [-0.25, -0.2) is 9.36 Å². The first kappa shape index (κ1) is 33.4. The molecule has 0 radical (unpaired) electrons. The Morgan fingerprint density at radius 2 is 1.48 bits per heavy atom. The number of carbonyl (C=O) groups excluding carboxylic acids is 1. The van der Waals surface area contributed by atoms with E-state index in [1.54, 1.807) is 0 Å². The minimum Gasteiger partial charge on any atom is -1.00 e. The van der Waals surface area contributed by atoms with Gasteiger partial charge in [-0.3, -0.25) is 19.4 Å². The van der Waals surface area contributed by atoms with E-state index in [0.29, 0.717) is 0 Å². The summed E-state index contributed by atoms with van der Waals surface area (Å²) in [5.74, 6) is -5.47. The van der Waals surface area contributed by atoms with Gasteiger partial charge in [0.2, 0.25) is 0 Å². The van der Waals surface area contributed by atoms with Gasteiger partial charge >= 0.3 is 84.8 Å². The van der Waals surface area contributed by atoms with Gasteiger partial charge in [-0.2, -0.15) is 0 Å². The third-order valence-corrected chi connectivity index (χ3v) is 1.94. The summed E-state index contributed by atoms with van der Waals surface area (Å²) in [6.07, 6.45) is -2.72. The Hall–Kier alpha value is 0.770. The van der Waals surface area contributed by atoms with Crippen LogP contribution in [0.2, 0.25) is 0 Å². The molecule has 21 heavy (non-hydrogen) atoms.